The number of benzene rings is 2. The maximum atomic E-state index is 13.1. The average molecular weight is 607 g/mol. The highest BCUT2D eigenvalue weighted by Crippen LogP contribution is 2.36. The topological polar surface area (TPSA) is 152 Å². The van der Waals surface area contributed by atoms with Crippen molar-refractivity contribution in [2.24, 2.45) is 0 Å². The Kier molecular flexibility index (Phi) is 11.0. The van der Waals surface area contributed by atoms with E-state index in [1.54, 1.807) is 19.2 Å². The lowest BCUT2D eigenvalue weighted by atomic mass is 9.79. The minimum Gasteiger partial charge on any atom is -0.496 e. The van der Waals surface area contributed by atoms with Gasteiger partial charge >= 0.3 is 13.2 Å². The predicted octanol–water partition coefficient (Wildman–Crippen LogP) is 2.37. The average Bonchev–Trinajstić information content (AvgIpc) is 3.74. The van der Waals surface area contributed by atoms with Gasteiger partial charge in [-0.1, -0.05) is 31.8 Å². The number of methoxy groups -OCH3 is 1. The van der Waals surface area contributed by atoms with Crippen LogP contribution in [0.15, 0.2) is 41.3 Å². The molecule has 2 aromatic rings. The molecule has 0 aromatic heterocycles. The van der Waals surface area contributed by atoms with E-state index in [0.717, 1.165) is 6.04 Å². The normalized spacial score (nSPS) is 13.4. The summed E-state index contributed by atoms with van der Waals surface area (Å²) in [4.78, 5) is 26.7. The standard InChI is InChI=1S/C27H39BN2O9SSi/c1-30(27(32)39-12-13-41(3,4)5)16-19-15-22(7-11-25(19)40(35,36)23-8-9-23)29-26(31)18-38-17-20-14-21(28(33)34)6-10-24(20)37-2/h6-7,10-11,14-15,23,33-34H,8-9,12-13,16-18H2,1-5H3,(H,29,31). The molecule has 11 nitrogen and oxygen atoms in total. The van der Waals surface area contributed by atoms with E-state index < -0.39 is 42.3 Å². The van der Waals surface area contributed by atoms with E-state index in [4.69, 9.17) is 14.2 Å². The lowest BCUT2D eigenvalue weighted by Gasteiger charge is -2.21. The summed E-state index contributed by atoms with van der Waals surface area (Å²) in [6.07, 6.45) is 0.642. The van der Waals surface area contributed by atoms with E-state index in [9.17, 15) is 28.1 Å². The van der Waals surface area contributed by atoms with Gasteiger partial charge in [0.05, 0.1) is 37.0 Å². The fourth-order valence-electron chi connectivity index (χ4n) is 4.01. The van der Waals surface area contributed by atoms with Crippen molar-refractivity contribution >= 4 is 48.2 Å². The Bertz CT molecular complexity index is 1340. The first kappa shape index (κ1) is 32.6. The summed E-state index contributed by atoms with van der Waals surface area (Å²) in [5, 5.41) is 21.1. The molecule has 0 aliphatic heterocycles. The van der Waals surface area contributed by atoms with Gasteiger partial charge in [-0.2, -0.15) is 0 Å². The molecule has 41 heavy (non-hydrogen) atoms. The second kappa shape index (κ2) is 13.8. The maximum Gasteiger partial charge on any atom is 0.488 e. The van der Waals surface area contributed by atoms with Gasteiger partial charge in [-0.15, -0.1) is 0 Å². The summed E-state index contributed by atoms with van der Waals surface area (Å²) in [6, 6.07) is 9.94. The van der Waals surface area contributed by atoms with Crippen LogP contribution >= 0.6 is 0 Å². The monoisotopic (exact) mass is 606 g/mol. The molecule has 0 saturated heterocycles. The van der Waals surface area contributed by atoms with Gasteiger partial charge in [0.15, 0.2) is 9.84 Å². The number of amides is 2. The molecule has 3 rings (SSSR count). The van der Waals surface area contributed by atoms with Gasteiger partial charge in [0.2, 0.25) is 5.91 Å². The Labute approximate surface area is 242 Å². The van der Waals surface area contributed by atoms with Crippen LogP contribution in [0.3, 0.4) is 0 Å². The molecule has 0 bridgehead atoms. The molecule has 1 aliphatic rings. The number of carbonyl (C=O) groups is 2. The molecule has 224 valence electrons. The molecular weight excluding hydrogens is 567 g/mol. The van der Waals surface area contributed by atoms with Crippen LogP contribution < -0.4 is 15.5 Å². The smallest absolute Gasteiger partial charge is 0.488 e. The number of nitrogens with one attached hydrogen (secondary N) is 1. The highest BCUT2D eigenvalue weighted by molar-refractivity contribution is 7.92. The number of ether oxygens (including phenoxy) is 3. The van der Waals surface area contributed by atoms with Gasteiger partial charge in [0.1, 0.15) is 12.4 Å². The first-order chi connectivity index (χ1) is 19.2. The van der Waals surface area contributed by atoms with Crippen molar-refractivity contribution in [3.63, 3.8) is 0 Å². The zero-order chi connectivity index (χ0) is 30.4. The number of hydrogen-bond donors (Lipinski definition) is 3. The molecule has 14 heteroatoms. The summed E-state index contributed by atoms with van der Waals surface area (Å²) in [5.74, 6) is -0.0137. The third-order valence-electron chi connectivity index (χ3n) is 6.50. The first-order valence-electron chi connectivity index (χ1n) is 13.4. The number of nitrogens with zero attached hydrogens (tertiary/aromatic N) is 1. The highest BCUT2D eigenvalue weighted by atomic mass is 32.2. The number of anilines is 1. The van der Waals surface area contributed by atoms with Crippen LogP contribution in [0, 0.1) is 0 Å². The number of sulfone groups is 1. The van der Waals surface area contributed by atoms with Crippen molar-refractivity contribution in [1.29, 1.82) is 0 Å². The molecule has 0 spiro atoms. The van der Waals surface area contributed by atoms with Gasteiger partial charge in [0, 0.05) is 26.4 Å². The van der Waals surface area contributed by atoms with Crippen LogP contribution in [-0.4, -0.2) is 83.2 Å². The molecule has 1 aliphatic carbocycles. The van der Waals surface area contributed by atoms with E-state index in [2.05, 4.69) is 25.0 Å². The molecule has 0 unspecified atom stereocenters. The van der Waals surface area contributed by atoms with E-state index in [-0.39, 0.29) is 30.1 Å². The molecule has 0 radical (unpaired) electrons. The van der Waals surface area contributed by atoms with Crippen molar-refractivity contribution in [2.45, 2.75) is 61.8 Å². The molecule has 1 fully saturated rings. The Hall–Kier alpha value is -2.91. The van der Waals surface area contributed by atoms with Crippen molar-refractivity contribution < 1.29 is 42.3 Å². The molecule has 0 atom stereocenters. The number of carbonyl (C=O) groups excluding carboxylic acids is 2. The predicted molar refractivity (Wildman–Crippen MR) is 159 cm³/mol. The zero-order valence-electron chi connectivity index (χ0n) is 24.2. The van der Waals surface area contributed by atoms with Crippen LogP contribution in [0.2, 0.25) is 25.7 Å². The lowest BCUT2D eigenvalue weighted by Crippen LogP contribution is -2.30. The van der Waals surface area contributed by atoms with E-state index in [0.29, 0.717) is 42.0 Å². The van der Waals surface area contributed by atoms with Crippen molar-refractivity contribution in [3.8, 4) is 5.75 Å². The second-order valence-corrected chi connectivity index (χ2v) is 19.2. The van der Waals surface area contributed by atoms with Crippen LogP contribution in [0.4, 0.5) is 10.5 Å². The van der Waals surface area contributed by atoms with Crippen LogP contribution in [0.1, 0.15) is 24.0 Å². The molecule has 1 saturated carbocycles. The minimum atomic E-state index is -3.57. The minimum absolute atomic E-state index is 0.0138. The van der Waals surface area contributed by atoms with Gasteiger partial charge in [-0.05, 0) is 54.2 Å². The van der Waals surface area contributed by atoms with E-state index in [1.807, 2.05) is 0 Å². The quantitative estimate of drug-likeness (QED) is 0.275. The van der Waals surface area contributed by atoms with Crippen molar-refractivity contribution in [1.82, 2.24) is 4.90 Å². The fraction of sp³-hybridized carbons (Fsp3) is 0.481. The Balaban J connectivity index is 1.68. The van der Waals surface area contributed by atoms with Gasteiger partial charge in [0.25, 0.3) is 0 Å². The summed E-state index contributed by atoms with van der Waals surface area (Å²) < 4.78 is 42.4. The first-order valence-corrected chi connectivity index (χ1v) is 18.6. The molecule has 3 N–H and O–H groups in total. The Morgan fingerprint density at radius 1 is 1.10 bits per heavy atom. The third kappa shape index (κ3) is 9.57. The second-order valence-electron chi connectivity index (χ2n) is 11.3. The molecular formula is C27H39BN2O9SSi. The van der Waals surface area contributed by atoms with Crippen LogP contribution in [-0.2, 0) is 37.3 Å². The summed E-state index contributed by atoms with van der Waals surface area (Å²) in [5.41, 5.74) is 1.52. The molecule has 2 aromatic carbocycles. The Morgan fingerprint density at radius 2 is 1.80 bits per heavy atom. The number of hydrogen-bond acceptors (Lipinski definition) is 9. The van der Waals surface area contributed by atoms with Gasteiger partial charge in [-0.3, -0.25) is 4.79 Å². The third-order valence-corrected chi connectivity index (χ3v) is 10.6. The van der Waals surface area contributed by atoms with Crippen LogP contribution in [0.5, 0.6) is 5.75 Å². The largest absolute Gasteiger partial charge is 0.496 e. The Morgan fingerprint density at radius 3 is 2.41 bits per heavy atom. The maximum absolute atomic E-state index is 13.1. The summed E-state index contributed by atoms with van der Waals surface area (Å²) >= 11 is 0. The van der Waals surface area contributed by atoms with Gasteiger partial charge in [-0.25, -0.2) is 13.2 Å². The molecule has 0 heterocycles. The van der Waals surface area contributed by atoms with E-state index in [1.165, 1.54) is 36.3 Å². The summed E-state index contributed by atoms with van der Waals surface area (Å²) in [6.45, 7) is 6.49. The number of rotatable bonds is 14. The van der Waals surface area contributed by atoms with Crippen molar-refractivity contribution in [3.05, 3.63) is 47.5 Å². The van der Waals surface area contributed by atoms with Crippen molar-refractivity contribution in [2.75, 3.05) is 32.7 Å². The zero-order valence-corrected chi connectivity index (χ0v) is 26.0. The fourth-order valence-corrected chi connectivity index (χ4v) is 6.59. The molecule has 2 amide bonds. The van der Waals surface area contributed by atoms with E-state index >= 15 is 0 Å². The highest BCUT2D eigenvalue weighted by Gasteiger charge is 2.38. The SMILES string of the molecule is COc1ccc(B(O)O)cc1COCC(=O)Nc1ccc(S(=O)(=O)C2CC2)c(CN(C)C(=O)OCC[Si](C)(C)C)c1. The van der Waals surface area contributed by atoms with Gasteiger partial charge < -0.3 is 34.5 Å². The lowest BCUT2D eigenvalue weighted by molar-refractivity contribution is -0.121. The van der Waals surface area contributed by atoms with Crippen LogP contribution in [0.25, 0.3) is 0 Å². The summed E-state index contributed by atoms with van der Waals surface area (Å²) in [7, 11) is -3.60.